The molecule has 21 heavy (non-hydrogen) atoms. The minimum Gasteiger partial charge on any atom is -0.329 e. The maximum absolute atomic E-state index is 6.16. The van der Waals surface area contributed by atoms with E-state index in [1.807, 2.05) is 0 Å². The second kappa shape index (κ2) is 7.42. The molecule has 0 spiro atoms. The van der Waals surface area contributed by atoms with E-state index in [1.165, 1.54) is 31.2 Å². The van der Waals surface area contributed by atoms with E-state index in [9.17, 15) is 0 Å². The maximum atomic E-state index is 6.16. The molecule has 2 heteroatoms. The van der Waals surface area contributed by atoms with E-state index in [-0.39, 0.29) is 5.54 Å². The summed E-state index contributed by atoms with van der Waals surface area (Å²) >= 11 is 0. The molecule has 1 aliphatic carbocycles. The van der Waals surface area contributed by atoms with Gasteiger partial charge in [-0.3, -0.25) is 4.90 Å². The molecule has 1 aromatic carbocycles. The van der Waals surface area contributed by atoms with Crippen LogP contribution in [0.1, 0.15) is 63.1 Å². The molecule has 0 radical (unpaired) electrons. The van der Waals surface area contributed by atoms with Gasteiger partial charge in [0.25, 0.3) is 0 Å². The van der Waals surface area contributed by atoms with Crippen molar-refractivity contribution in [2.45, 2.75) is 71.4 Å². The van der Waals surface area contributed by atoms with Gasteiger partial charge in [0, 0.05) is 18.6 Å². The molecule has 0 atom stereocenters. The Hall–Kier alpha value is -0.860. The van der Waals surface area contributed by atoms with Gasteiger partial charge >= 0.3 is 0 Å². The van der Waals surface area contributed by atoms with E-state index in [1.54, 1.807) is 11.1 Å². The minimum atomic E-state index is 0.162. The summed E-state index contributed by atoms with van der Waals surface area (Å²) in [5.41, 5.74) is 10.9. The van der Waals surface area contributed by atoms with E-state index >= 15 is 0 Å². The minimum absolute atomic E-state index is 0.162. The van der Waals surface area contributed by atoms with Crippen molar-refractivity contribution in [3.8, 4) is 0 Å². The number of nitrogens with two attached hydrogens (primary N) is 1. The van der Waals surface area contributed by atoms with Crippen LogP contribution in [0.5, 0.6) is 0 Å². The molecule has 0 aromatic heterocycles. The second-order valence-corrected chi connectivity index (χ2v) is 6.51. The zero-order chi connectivity index (χ0) is 15.3. The zero-order valence-corrected chi connectivity index (χ0v) is 14.1. The van der Waals surface area contributed by atoms with Crippen molar-refractivity contribution in [2.75, 3.05) is 13.1 Å². The van der Waals surface area contributed by atoms with Crippen molar-refractivity contribution in [1.29, 1.82) is 0 Å². The molecule has 1 aromatic rings. The van der Waals surface area contributed by atoms with E-state index in [4.69, 9.17) is 5.73 Å². The van der Waals surface area contributed by atoms with Gasteiger partial charge in [0.05, 0.1) is 0 Å². The van der Waals surface area contributed by atoms with Crippen LogP contribution < -0.4 is 5.73 Å². The van der Waals surface area contributed by atoms with Gasteiger partial charge in [-0.05, 0) is 61.8 Å². The number of fused-ring (bicyclic) bond motifs is 1. The Bertz CT molecular complexity index is 441. The average molecular weight is 288 g/mol. The third kappa shape index (κ3) is 3.49. The van der Waals surface area contributed by atoms with E-state index < -0.39 is 0 Å². The van der Waals surface area contributed by atoms with Crippen LogP contribution in [0.4, 0.5) is 0 Å². The van der Waals surface area contributed by atoms with Gasteiger partial charge in [0.1, 0.15) is 0 Å². The molecule has 0 unspecified atom stereocenters. The first kappa shape index (κ1) is 16.5. The van der Waals surface area contributed by atoms with Gasteiger partial charge in [0.2, 0.25) is 0 Å². The lowest BCUT2D eigenvalue weighted by molar-refractivity contribution is 0.0766. The third-order valence-corrected chi connectivity index (χ3v) is 5.40. The maximum Gasteiger partial charge on any atom is 0.0330 e. The molecule has 2 N–H and O–H groups in total. The number of hydrogen-bond acceptors (Lipinski definition) is 2. The lowest BCUT2D eigenvalue weighted by atomic mass is 9.89. The number of hydrogen-bond donors (Lipinski definition) is 1. The Labute approximate surface area is 130 Å². The summed E-state index contributed by atoms with van der Waals surface area (Å²) in [7, 11) is 0. The van der Waals surface area contributed by atoms with E-state index in [0.29, 0.717) is 0 Å². The highest BCUT2D eigenvalue weighted by molar-refractivity contribution is 5.35. The van der Waals surface area contributed by atoms with Crippen LogP contribution in [-0.4, -0.2) is 23.5 Å². The fourth-order valence-corrected chi connectivity index (χ4v) is 3.81. The number of rotatable bonds is 8. The highest BCUT2D eigenvalue weighted by Gasteiger charge is 2.31. The van der Waals surface area contributed by atoms with Crippen LogP contribution in [0, 0.1) is 0 Å². The molecule has 0 amide bonds. The summed E-state index contributed by atoms with van der Waals surface area (Å²) in [6.07, 6.45) is 7.31. The van der Waals surface area contributed by atoms with E-state index in [2.05, 4.69) is 43.9 Å². The highest BCUT2D eigenvalue weighted by Crippen LogP contribution is 2.28. The molecule has 1 aliphatic rings. The normalized spacial score (nSPS) is 14.7. The summed E-state index contributed by atoms with van der Waals surface area (Å²) < 4.78 is 0. The molecule has 0 saturated heterocycles. The highest BCUT2D eigenvalue weighted by atomic mass is 15.2. The summed E-state index contributed by atoms with van der Waals surface area (Å²) in [5.74, 6) is 0. The Balaban J connectivity index is 2.19. The fraction of sp³-hybridized carbons (Fsp3) is 0.684. The Kier molecular flexibility index (Phi) is 5.83. The summed E-state index contributed by atoms with van der Waals surface area (Å²) in [6.45, 7) is 9.76. The molecule has 0 fully saturated rings. The van der Waals surface area contributed by atoms with Crippen LogP contribution in [0.15, 0.2) is 18.2 Å². The average Bonchev–Trinajstić information content (AvgIpc) is 2.97. The van der Waals surface area contributed by atoms with Gasteiger partial charge in [0.15, 0.2) is 0 Å². The van der Waals surface area contributed by atoms with Crippen molar-refractivity contribution in [3.63, 3.8) is 0 Å². The Morgan fingerprint density at radius 1 is 1.10 bits per heavy atom. The molecule has 0 heterocycles. The molecule has 0 saturated carbocycles. The number of benzene rings is 1. The van der Waals surface area contributed by atoms with Crippen molar-refractivity contribution in [2.24, 2.45) is 5.73 Å². The quantitative estimate of drug-likeness (QED) is 0.786. The van der Waals surface area contributed by atoms with Crippen molar-refractivity contribution in [3.05, 3.63) is 34.9 Å². The summed E-state index contributed by atoms with van der Waals surface area (Å²) in [5, 5.41) is 0. The second-order valence-electron chi connectivity index (χ2n) is 6.51. The van der Waals surface area contributed by atoms with Crippen LogP contribution >= 0.6 is 0 Å². The molecule has 118 valence electrons. The molecular weight excluding hydrogens is 256 g/mol. The van der Waals surface area contributed by atoms with Crippen LogP contribution in [0.3, 0.4) is 0 Å². The number of nitrogens with zero attached hydrogens (tertiary/aromatic N) is 1. The predicted octanol–water partition coefficient (Wildman–Crippen LogP) is 3.90. The Morgan fingerprint density at radius 3 is 2.43 bits per heavy atom. The summed E-state index contributed by atoms with van der Waals surface area (Å²) in [4.78, 5) is 2.63. The lowest BCUT2D eigenvalue weighted by Gasteiger charge is -2.42. The molecule has 0 bridgehead atoms. The first-order valence-corrected chi connectivity index (χ1v) is 8.74. The number of aryl methyl sites for hydroxylation is 2. The zero-order valence-electron chi connectivity index (χ0n) is 14.1. The van der Waals surface area contributed by atoms with Gasteiger partial charge in [-0.15, -0.1) is 0 Å². The topological polar surface area (TPSA) is 29.3 Å². The van der Waals surface area contributed by atoms with Crippen molar-refractivity contribution >= 4 is 0 Å². The van der Waals surface area contributed by atoms with Gasteiger partial charge < -0.3 is 5.73 Å². The fourth-order valence-electron chi connectivity index (χ4n) is 3.81. The van der Waals surface area contributed by atoms with E-state index in [0.717, 1.165) is 32.5 Å². The lowest BCUT2D eigenvalue weighted by Crippen LogP contribution is -2.53. The van der Waals surface area contributed by atoms with Gasteiger partial charge in [-0.1, -0.05) is 39.0 Å². The van der Waals surface area contributed by atoms with Gasteiger partial charge in [-0.2, -0.15) is 0 Å². The van der Waals surface area contributed by atoms with Crippen LogP contribution in [0.2, 0.25) is 0 Å². The monoisotopic (exact) mass is 288 g/mol. The smallest absolute Gasteiger partial charge is 0.0330 e. The molecule has 2 rings (SSSR count). The first-order chi connectivity index (χ1) is 10.2. The van der Waals surface area contributed by atoms with Crippen LogP contribution in [-0.2, 0) is 19.4 Å². The van der Waals surface area contributed by atoms with Crippen LogP contribution in [0.25, 0.3) is 0 Å². The first-order valence-electron chi connectivity index (χ1n) is 8.74. The Morgan fingerprint density at radius 2 is 1.81 bits per heavy atom. The van der Waals surface area contributed by atoms with Crippen molar-refractivity contribution in [1.82, 2.24) is 4.90 Å². The standard InChI is InChI=1S/C19H32N2/c1-4-12-21(19(5-2,6-3)15-20)14-16-10-11-17-8-7-9-18(17)13-16/h10-11,13H,4-9,12,14-15,20H2,1-3H3. The molecule has 0 aliphatic heterocycles. The van der Waals surface area contributed by atoms with Gasteiger partial charge in [-0.25, -0.2) is 0 Å². The predicted molar refractivity (Wildman–Crippen MR) is 91.5 cm³/mol. The third-order valence-electron chi connectivity index (χ3n) is 5.40. The molecular formula is C19H32N2. The van der Waals surface area contributed by atoms with Crippen molar-refractivity contribution < 1.29 is 0 Å². The molecule has 2 nitrogen and oxygen atoms in total. The summed E-state index contributed by atoms with van der Waals surface area (Å²) in [6, 6.07) is 7.13. The largest absolute Gasteiger partial charge is 0.329 e. The SMILES string of the molecule is CCCN(Cc1ccc2c(c1)CCC2)C(CC)(CC)CN.